The Bertz CT molecular complexity index is 861. The lowest BCUT2D eigenvalue weighted by Gasteiger charge is -2.28. The molecule has 0 saturated carbocycles. The van der Waals surface area contributed by atoms with Gasteiger partial charge in [0, 0.05) is 30.0 Å². The highest BCUT2D eigenvalue weighted by Gasteiger charge is 2.15. The third-order valence-corrected chi connectivity index (χ3v) is 5.07. The van der Waals surface area contributed by atoms with E-state index in [1.54, 1.807) is 27.2 Å². The van der Waals surface area contributed by atoms with Crippen LogP contribution in [0.3, 0.4) is 0 Å². The van der Waals surface area contributed by atoms with Gasteiger partial charge in [0.15, 0.2) is 11.5 Å². The molecule has 1 aliphatic rings. The number of amides is 1. The van der Waals surface area contributed by atoms with E-state index >= 15 is 0 Å². The summed E-state index contributed by atoms with van der Waals surface area (Å²) in [5, 5.41) is 6.80. The molecule has 30 heavy (non-hydrogen) atoms. The molecule has 1 aliphatic heterocycles. The molecule has 0 radical (unpaired) electrons. The molecule has 1 fully saturated rings. The van der Waals surface area contributed by atoms with Crippen LogP contribution in [0.2, 0.25) is 0 Å². The zero-order valence-electron chi connectivity index (χ0n) is 17.8. The molecular weight excluding hydrogens is 382 g/mol. The van der Waals surface area contributed by atoms with E-state index in [0.29, 0.717) is 17.1 Å². The Morgan fingerprint density at radius 1 is 1.07 bits per heavy atom. The van der Waals surface area contributed by atoms with E-state index in [-0.39, 0.29) is 5.91 Å². The van der Waals surface area contributed by atoms with Gasteiger partial charge in [-0.3, -0.25) is 4.79 Å². The molecule has 160 valence electrons. The molecule has 1 N–H and O–H groups in total. The third-order valence-electron chi connectivity index (χ3n) is 5.07. The number of nitrogens with one attached hydrogen (secondary N) is 1. The summed E-state index contributed by atoms with van der Waals surface area (Å²) in [6.07, 6.45) is 4.51. The molecule has 7 heteroatoms. The number of oxime groups is 1. The molecule has 0 unspecified atom stereocenters. The molecule has 1 heterocycles. The van der Waals surface area contributed by atoms with Crippen molar-refractivity contribution in [2.75, 3.05) is 37.5 Å². The molecule has 0 aliphatic carbocycles. The van der Waals surface area contributed by atoms with Crippen LogP contribution < -0.4 is 19.7 Å². The van der Waals surface area contributed by atoms with Crippen molar-refractivity contribution >= 4 is 23.5 Å². The van der Waals surface area contributed by atoms with E-state index in [1.165, 1.54) is 31.2 Å². The van der Waals surface area contributed by atoms with Gasteiger partial charge in [0.05, 0.1) is 20.4 Å². The number of methoxy groups -OCH3 is 2. The van der Waals surface area contributed by atoms with Crippen molar-refractivity contribution < 1.29 is 19.1 Å². The summed E-state index contributed by atoms with van der Waals surface area (Å²) in [7, 11) is 3.13. The van der Waals surface area contributed by atoms with Crippen molar-refractivity contribution in [3.63, 3.8) is 0 Å². The second-order valence-corrected chi connectivity index (χ2v) is 7.15. The molecule has 1 saturated heterocycles. The van der Waals surface area contributed by atoms with Crippen molar-refractivity contribution in [1.29, 1.82) is 0 Å². The van der Waals surface area contributed by atoms with E-state index in [9.17, 15) is 4.79 Å². The summed E-state index contributed by atoms with van der Waals surface area (Å²) in [5.74, 6) is 0.883. The molecule has 0 aromatic heterocycles. The number of carbonyl (C=O) groups excluding carboxylic acids is 1. The SMILES string of the molecule is COc1cccc(/C=N\O[C@@H](C)C(=O)Nc2ccc(N3CCCCC3)cc2)c1OC. The Balaban J connectivity index is 1.54. The van der Waals surface area contributed by atoms with Crippen molar-refractivity contribution in [2.45, 2.75) is 32.3 Å². The average molecular weight is 412 g/mol. The highest BCUT2D eigenvalue weighted by molar-refractivity contribution is 5.94. The second-order valence-electron chi connectivity index (χ2n) is 7.15. The summed E-state index contributed by atoms with van der Waals surface area (Å²) in [4.78, 5) is 20.1. The zero-order valence-corrected chi connectivity index (χ0v) is 17.8. The number of ether oxygens (including phenoxy) is 2. The van der Waals surface area contributed by atoms with Crippen LogP contribution in [0.15, 0.2) is 47.6 Å². The van der Waals surface area contributed by atoms with Crippen LogP contribution in [0, 0.1) is 0 Å². The average Bonchev–Trinajstić information content (AvgIpc) is 2.79. The van der Waals surface area contributed by atoms with Crippen LogP contribution in [-0.2, 0) is 9.63 Å². The van der Waals surface area contributed by atoms with Crippen LogP contribution >= 0.6 is 0 Å². The molecular formula is C23H29N3O4. The summed E-state index contributed by atoms with van der Waals surface area (Å²) in [5.41, 5.74) is 2.61. The zero-order chi connectivity index (χ0) is 21.3. The topological polar surface area (TPSA) is 72.4 Å². The first-order valence-electron chi connectivity index (χ1n) is 10.2. The number of piperidine rings is 1. The quantitative estimate of drug-likeness (QED) is 0.524. The Morgan fingerprint density at radius 3 is 2.47 bits per heavy atom. The number of hydrogen-bond acceptors (Lipinski definition) is 6. The van der Waals surface area contributed by atoms with Gasteiger partial charge in [0.1, 0.15) is 0 Å². The van der Waals surface area contributed by atoms with E-state index < -0.39 is 6.10 Å². The van der Waals surface area contributed by atoms with Gasteiger partial charge in [0.2, 0.25) is 6.10 Å². The minimum Gasteiger partial charge on any atom is -0.493 e. The Labute approximate surface area is 177 Å². The number of anilines is 2. The van der Waals surface area contributed by atoms with E-state index in [1.807, 2.05) is 36.4 Å². The minimum absolute atomic E-state index is 0.268. The van der Waals surface area contributed by atoms with Gasteiger partial charge in [-0.05, 0) is 62.6 Å². The summed E-state index contributed by atoms with van der Waals surface area (Å²) >= 11 is 0. The number of para-hydroxylation sites is 1. The number of rotatable bonds is 8. The van der Waals surface area contributed by atoms with E-state index in [2.05, 4.69) is 15.4 Å². The predicted molar refractivity (Wildman–Crippen MR) is 119 cm³/mol. The summed E-state index contributed by atoms with van der Waals surface area (Å²) in [6.45, 7) is 3.83. The summed E-state index contributed by atoms with van der Waals surface area (Å²) < 4.78 is 10.6. The van der Waals surface area contributed by atoms with Crippen molar-refractivity contribution in [3.8, 4) is 11.5 Å². The lowest BCUT2D eigenvalue weighted by atomic mass is 10.1. The Morgan fingerprint density at radius 2 is 1.80 bits per heavy atom. The molecule has 7 nitrogen and oxygen atoms in total. The first-order valence-corrected chi connectivity index (χ1v) is 10.2. The van der Waals surface area contributed by atoms with Crippen molar-refractivity contribution in [2.24, 2.45) is 5.16 Å². The normalized spacial score (nSPS) is 15.0. The van der Waals surface area contributed by atoms with Gasteiger partial charge in [-0.2, -0.15) is 0 Å². The van der Waals surface area contributed by atoms with Crippen molar-refractivity contribution in [1.82, 2.24) is 0 Å². The van der Waals surface area contributed by atoms with Crippen molar-refractivity contribution in [3.05, 3.63) is 48.0 Å². The first kappa shape index (κ1) is 21.5. The fourth-order valence-electron chi connectivity index (χ4n) is 3.39. The van der Waals surface area contributed by atoms with Gasteiger partial charge in [-0.1, -0.05) is 11.2 Å². The molecule has 1 atom stereocenters. The largest absolute Gasteiger partial charge is 0.493 e. The molecule has 0 bridgehead atoms. The third kappa shape index (κ3) is 5.43. The van der Waals surface area contributed by atoms with Gasteiger partial charge in [-0.15, -0.1) is 0 Å². The lowest BCUT2D eigenvalue weighted by Crippen LogP contribution is -2.29. The van der Waals surface area contributed by atoms with Gasteiger partial charge in [0.25, 0.3) is 5.91 Å². The van der Waals surface area contributed by atoms with Gasteiger partial charge >= 0.3 is 0 Å². The highest BCUT2D eigenvalue weighted by atomic mass is 16.6. The highest BCUT2D eigenvalue weighted by Crippen LogP contribution is 2.29. The second kappa shape index (κ2) is 10.5. The number of benzene rings is 2. The maximum atomic E-state index is 12.4. The van der Waals surface area contributed by atoms with Crippen LogP contribution in [-0.4, -0.2) is 45.5 Å². The number of carbonyl (C=O) groups is 1. The maximum Gasteiger partial charge on any atom is 0.267 e. The molecule has 3 rings (SSSR count). The van der Waals surface area contributed by atoms with Gasteiger partial charge < -0.3 is 24.5 Å². The van der Waals surface area contributed by atoms with E-state index in [0.717, 1.165) is 18.8 Å². The van der Waals surface area contributed by atoms with Crippen LogP contribution in [0.1, 0.15) is 31.7 Å². The molecule has 2 aromatic carbocycles. The van der Waals surface area contributed by atoms with Crippen LogP contribution in [0.25, 0.3) is 0 Å². The van der Waals surface area contributed by atoms with Crippen LogP contribution in [0.4, 0.5) is 11.4 Å². The van der Waals surface area contributed by atoms with E-state index in [4.69, 9.17) is 14.3 Å². The fourth-order valence-corrected chi connectivity index (χ4v) is 3.39. The Hall–Kier alpha value is -3.22. The maximum absolute atomic E-state index is 12.4. The number of hydrogen-bond donors (Lipinski definition) is 1. The molecule has 1 amide bonds. The number of nitrogens with zero attached hydrogens (tertiary/aromatic N) is 2. The van der Waals surface area contributed by atoms with Gasteiger partial charge in [-0.25, -0.2) is 0 Å². The molecule has 0 spiro atoms. The smallest absolute Gasteiger partial charge is 0.267 e. The Kier molecular flexibility index (Phi) is 7.54. The van der Waals surface area contributed by atoms with Crippen LogP contribution in [0.5, 0.6) is 11.5 Å². The fraction of sp³-hybridized carbons (Fsp3) is 0.391. The minimum atomic E-state index is -0.750. The molecule has 2 aromatic rings. The monoisotopic (exact) mass is 411 g/mol. The lowest BCUT2D eigenvalue weighted by molar-refractivity contribution is -0.126. The standard InChI is InChI=1S/C23H29N3O4/c1-17(30-24-16-18-8-7-9-21(28-2)22(18)29-3)23(27)25-19-10-12-20(13-11-19)26-14-5-4-6-15-26/h7-13,16-17H,4-6,14-15H2,1-3H3,(H,25,27)/b24-16-/t17-/m0/s1. The predicted octanol–water partition coefficient (Wildman–Crippen LogP) is 4.07. The first-order chi connectivity index (χ1) is 14.6. The summed E-state index contributed by atoms with van der Waals surface area (Å²) in [6, 6.07) is 13.4.